The highest BCUT2D eigenvalue weighted by atomic mass is 32.2. The van der Waals surface area contributed by atoms with Gasteiger partial charge in [-0.3, -0.25) is 11.3 Å². The summed E-state index contributed by atoms with van der Waals surface area (Å²) in [7, 11) is 0. The Balaban J connectivity index is 2.17. The predicted octanol–water partition coefficient (Wildman–Crippen LogP) is 2.96. The zero-order chi connectivity index (χ0) is 15.1. The Labute approximate surface area is 131 Å². The number of thioether (sulfide) groups is 1. The van der Waals surface area contributed by atoms with E-state index in [1.807, 2.05) is 17.8 Å². The van der Waals surface area contributed by atoms with E-state index in [2.05, 4.69) is 42.0 Å². The topological polar surface area (TPSA) is 55.9 Å². The van der Waals surface area contributed by atoms with E-state index in [1.54, 1.807) is 0 Å². The van der Waals surface area contributed by atoms with Crippen LogP contribution < -0.4 is 11.3 Å². The molecule has 4 nitrogen and oxygen atoms in total. The van der Waals surface area contributed by atoms with Crippen LogP contribution in [-0.4, -0.2) is 27.1 Å². The summed E-state index contributed by atoms with van der Waals surface area (Å²) in [6.45, 7) is 5.42. The van der Waals surface area contributed by atoms with Crippen molar-refractivity contribution in [2.24, 2.45) is 5.84 Å². The van der Waals surface area contributed by atoms with Gasteiger partial charge in [0.05, 0.1) is 11.0 Å². The molecule has 0 radical (unpaired) electrons. The van der Waals surface area contributed by atoms with Crippen LogP contribution in [0.25, 0.3) is 11.0 Å². The number of aromatic nitrogens is 2. The highest BCUT2D eigenvalue weighted by Gasteiger charge is 2.15. The molecule has 1 unspecified atom stereocenters. The molecule has 0 bridgehead atoms. The van der Waals surface area contributed by atoms with Gasteiger partial charge in [0.2, 0.25) is 0 Å². The second kappa shape index (κ2) is 8.41. The summed E-state index contributed by atoms with van der Waals surface area (Å²) in [4.78, 5) is 4.81. The summed E-state index contributed by atoms with van der Waals surface area (Å²) in [5.74, 6) is 9.07. The molecule has 0 spiro atoms. The van der Waals surface area contributed by atoms with Crippen LogP contribution >= 0.6 is 11.8 Å². The number of para-hydroxylation sites is 2. The zero-order valence-corrected chi connectivity index (χ0v) is 13.8. The molecule has 2 rings (SSSR count). The number of imidazole rings is 1. The van der Waals surface area contributed by atoms with Crippen LogP contribution in [0.3, 0.4) is 0 Å². The van der Waals surface area contributed by atoms with Crippen LogP contribution in [0.4, 0.5) is 0 Å². The third-order valence-electron chi connectivity index (χ3n) is 3.51. The van der Waals surface area contributed by atoms with Crippen LogP contribution in [0, 0.1) is 0 Å². The normalized spacial score (nSPS) is 12.9. The Morgan fingerprint density at radius 1 is 1.29 bits per heavy atom. The Morgan fingerprint density at radius 3 is 2.81 bits per heavy atom. The van der Waals surface area contributed by atoms with Gasteiger partial charge < -0.3 is 4.57 Å². The van der Waals surface area contributed by atoms with E-state index >= 15 is 0 Å². The van der Waals surface area contributed by atoms with E-state index in [0.29, 0.717) is 0 Å². The molecule has 1 heterocycles. The first-order chi connectivity index (χ1) is 10.3. The number of aryl methyl sites for hydroxylation is 1. The highest BCUT2D eigenvalue weighted by molar-refractivity contribution is 7.99. The van der Waals surface area contributed by atoms with Gasteiger partial charge in [0.25, 0.3) is 0 Å². The number of nitrogens with one attached hydrogen (secondary N) is 1. The molecule has 1 aromatic heterocycles. The maximum Gasteiger partial charge on any atom is 0.111 e. The fourth-order valence-electron chi connectivity index (χ4n) is 2.51. The second-order valence-corrected chi connectivity index (χ2v) is 6.46. The highest BCUT2D eigenvalue weighted by Crippen LogP contribution is 2.18. The lowest BCUT2D eigenvalue weighted by atomic mass is 10.2. The lowest BCUT2D eigenvalue weighted by molar-refractivity contribution is 0.539. The van der Waals surface area contributed by atoms with Crippen molar-refractivity contribution in [1.82, 2.24) is 15.0 Å². The molecule has 1 atom stereocenters. The average molecular weight is 306 g/mol. The maximum atomic E-state index is 5.72. The zero-order valence-electron chi connectivity index (χ0n) is 13.0. The minimum Gasteiger partial charge on any atom is -0.328 e. The lowest BCUT2D eigenvalue weighted by Crippen LogP contribution is -2.39. The molecule has 0 fully saturated rings. The summed E-state index contributed by atoms with van der Waals surface area (Å²) in [6.07, 6.45) is 3.19. The van der Waals surface area contributed by atoms with Crippen molar-refractivity contribution >= 4 is 22.8 Å². The minimum absolute atomic E-state index is 0.272. The molecule has 0 aliphatic heterocycles. The van der Waals surface area contributed by atoms with Gasteiger partial charge in [-0.15, -0.1) is 0 Å². The third kappa shape index (κ3) is 4.22. The molecule has 3 N–H and O–H groups in total. The number of hydrogen-bond donors (Lipinski definition) is 2. The first-order valence-electron chi connectivity index (χ1n) is 7.78. The van der Waals surface area contributed by atoms with Gasteiger partial charge in [-0.2, -0.15) is 11.8 Å². The van der Waals surface area contributed by atoms with E-state index in [1.165, 1.54) is 17.7 Å². The number of hydrazine groups is 1. The number of rotatable bonds is 9. The molecular weight excluding hydrogens is 280 g/mol. The molecule has 21 heavy (non-hydrogen) atoms. The molecular formula is C16H26N4S. The number of hydrogen-bond acceptors (Lipinski definition) is 4. The van der Waals surface area contributed by atoms with Gasteiger partial charge in [0.15, 0.2) is 0 Å². The van der Waals surface area contributed by atoms with Gasteiger partial charge >= 0.3 is 0 Å². The first kappa shape index (κ1) is 16.3. The second-order valence-electron chi connectivity index (χ2n) is 5.31. The van der Waals surface area contributed by atoms with Gasteiger partial charge in [-0.05, 0) is 30.7 Å². The fraction of sp³-hybridized carbons (Fsp3) is 0.562. The Hall–Kier alpha value is -1.04. The van der Waals surface area contributed by atoms with E-state index < -0.39 is 0 Å². The van der Waals surface area contributed by atoms with Crippen molar-refractivity contribution < 1.29 is 0 Å². The summed E-state index contributed by atoms with van der Waals surface area (Å²) >= 11 is 1.95. The third-order valence-corrected chi connectivity index (χ3v) is 4.85. The molecule has 2 aromatic rings. The minimum atomic E-state index is 0.272. The number of nitrogens with two attached hydrogens (primary N) is 1. The Kier molecular flexibility index (Phi) is 6.54. The van der Waals surface area contributed by atoms with Crippen molar-refractivity contribution in [1.29, 1.82) is 0 Å². The van der Waals surface area contributed by atoms with Crippen molar-refractivity contribution in [3.05, 3.63) is 30.1 Å². The van der Waals surface area contributed by atoms with Crippen molar-refractivity contribution in [3.8, 4) is 0 Å². The van der Waals surface area contributed by atoms with Crippen molar-refractivity contribution in [3.63, 3.8) is 0 Å². The van der Waals surface area contributed by atoms with Gasteiger partial charge in [0, 0.05) is 24.8 Å². The maximum absolute atomic E-state index is 5.72. The van der Waals surface area contributed by atoms with Crippen LogP contribution in [0.5, 0.6) is 0 Å². The molecule has 0 aliphatic carbocycles. The van der Waals surface area contributed by atoms with E-state index in [9.17, 15) is 0 Å². The number of benzene rings is 1. The standard InChI is InChI=1S/C16H26N4S/c1-3-9-20-15-8-6-5-7-14(15)18-16(20)11-13(19-17)12-21-10-4-2/h5-8,13,19H,3-4,9-12,17H2,1-2H3. The fourth-order valence-corrected chi connectivity index (χ4v) is 3.46. The van der Waals surface area contributed by atoms with Crippen LogP contribution in [0.15, 0.2) is 24.3 Å². The molecule has 0 amide bonds. The summed E-state index contributed by atoms with van der Waals surface area (Å²) in [5.41, 5.74) is 5.26. The van der Waals surface area contributed by atoms with E-state index in [-0.39, 0.29) is 6.04 Å². The molecule has 1 aromatic carbocycles. The van der Waals surface area contributed by atoms with Crippen molar-refractivity contribution in [2.45, 2.75) is 45.7 Å². The lowest BCUT2D eigenvalue weighted by Gasteiger charge is -2.16. The Morgan fingerprint density at radius 2 is 2.10 bits per heavy atom. The summed E-state index contributed by atoms with van der Waals surface area (Å²) < 4.78 is 2.34. The largest absolute Gasteiger partial charge is 0.328 e. The Bertz CT molecular complexity index is 552. The molecule has 5 heteroatoms. The number of fused-ring (bicyclic) bond motifs is 1. The monoisotopic (exact) mass is 306 g/mol. The van der Waals surface area contributed by atoms with Crippen LogP contribution in [-0.2, 0) is 13.0 Å². The van der Waals surface area contributed by atoms with Gasteiger partial charge in [-0.1, -0.05) is 26.0 Å². The van der Waals surface area contributed by atoms with Crippen molar-refractivity contribution in [2.75, 3.05) is 11.5 Å². The predicted molar refractivity (Wildman–Crippen MR) is 92.5 cm³/mol. The van der Waals surface area contributed by atoms with Crippen LogP contribution in [0.1, 0.15) is 32.5 Å². The smallest absolute Gasteiger partial charge is 0.111 e. The van der Waals surface area contributed by atoms with E-state index in [4.69, 9.17) is 10.8 Å². The summed E-state index contributed by atoms with van der Waals surface area (Å²) in [6, 6.07) is 8.63. The quantitative estimate of drug-likeness (QED) is 0.425. The number of nitrogens with zero attached hydrogens (tertiary/aromatic N) is 2. The van der Waals surface area contributed by atoms with Crippen LogP contribution in [0.2, 0.25) is 0 Å². The molecule has 0 saturated carbocycles. The first-order valence-corrected chi connectivity index (χ1v) is 8.93. The average Bonchev–Trinajstić information content (AvgIpc) is 2.85. The SMILES string of the molecule is CCCSCC(Cc1nc2ccccc2n1CCC)NN. The molecule has 0 aliphatic rings. The molecule has 0 saturated heterocycles. The van der Waals surface area contributed by atoms with E-state index in [0.717, 1.165) is 36.5 Å². The van der Waals surface area contributed by atoms with Gasteiger partial charge in [-0.25, -0.2) is 4.98 Å². The van der Waals surface area contributed by atoms with Gasteiger partial charge in [0.1, 0.15) is 5.82 Å². The summed E-state index contributed by atoms with van der Waals surface area (Å²) in [5, 5.41) is 0. The molecule has 116 valence electrons.